The maximum Gasteiger partial charge on any atom is 0.0960 e. The number of likely N-dealkylation sites (N-methyl/N-ethyl adjacent to an activating group) is 1. The summed E-state index contributed by atoms with van der Waals surface area (Å²) in [6, 6.07) is 0. The summed E-state index contributed by atoms with van der Waals surface area (Å²) in [5.41, 5.74) is 0. The van der Waals surface area contributed by atoms with E-state index in [1.54, 1.807) is 0 Å². The van der Waals surface area contributed by atoms with Gasteiger partial charge in [0.25, 0.3) is 0 Å². The van der Waals surface area contributed by atoms with Gasteiger partial charge in [0.15, 0.2) is 0 Å². The zero-order valence-corrected chi connectivity index (χ0v) is 9.41. The summed E-state index contributed by atoms with van der Waals surface area (Å²) in [6.07, 6.45) is 2.87. The van der Waals surface area contributed by atoms with E-state index in [2.05, 4.69) is 18.7 Å². The van der Waals surface area contributed by atoms with E-state index in [9.17, 15) is 5.11 Å². The molecule has 0 spiro atoms. The molecule has 0 amide bonds. The summed E-state index contributed by atoms with van der Waals surface area (Å²) in [6.45, 7) is 8.02. The van der Waals surface area contributed by atoms with Crippen LogP contribution in [0.1, 0.15) is 33.1 Å². The summed E-state index contributed by atoms with van der Waals surface area (Å²) in [5.74, 6) is 0. The molecule has 3 heteroatoms. The van der Waals surface area contributed by atoms with Crippen molar-refractivity contribution in [2.24, 2.45) is 0 Å². The third-order valence-electron chi connectivity index (χ3n) is 2.91. The van der Waals surface area contributed by atoms with Crippen LogP contribution >= 0.6 is 0 Å². The van der Waals surface area contributed by atoms with Gasteiger partial charge in [0.05, 0.1) is 18.8 Å². The zero-order chi connectivity index (χ0) is 10.4. The SMILES string of the molecule is CCCCC(O)C1CN(CC)CCO1. The van der Waals surface area contributed by atoms with Crippen LogP contribution in [0.25, 0.3) is 0 Å². The van der Waals surface area contributed by atoms with Crippen LogP contribution in [-0.4, -0.2) is 48.5 Å². The monoisotopic (exact) mass is 201 g/mol. The molecule has 1 rings (SSSR count). The molecule has 0 aromatic carbocycles. The summed E-state index contributed by atoms with van der Waals surface area (Å²) >= 11 is 0. The van der Waals surface area contributed by atoms with Gasteiger partial charge in [-0.05, 0) is 13.0 Å². The van der Waals surface area contributed by atoms with Gasteiger partial charge >= 0.3 is 0 Å². The lowest BCUT2D eigenvalue weighted by molar-refractivity contribution is -0.0896. The highest BCUT2D eigenvalue weighted by Crippen LogP contribution is 2.13. The Morgan fingerprint density at radius 3 is 2.93 bits per heavy atom. The molecule has 2 unspecified atom stereocenters. The maximum atomic E-state index is 9.87. The average Bonchev–Trinajstić information content (AvgIpc) is 2.26. The molecule has 0 aromatic rings. The molecule has 0 saturated carbocycles. The quantitative estimate of drug-likeness (QED) is 0.727. The van der Waals surface area contributed by atoms with Crippen LogP contribution in [0.3, 0.4) is 0 Å². The van der Waals surface area contributed by atoms with E-state index in [-0.39, 0.29) is 12.2 Å². The van der Waals surface area contributed by atoms with Crippen LogP contribution < -0.4 is 0 Å². The Kier molecular flexibility index (Phi) is 5.45. The predicted octanol–water partition coefficient (Wildman–Crippen LogP) is 1.26. The number of hydrogen-bond acceptors (Lipinski definition) is 3. The van der Waals surface area contributed by atoms with E-state index >= 15 is 0 Å². The first kappa shape index (κ1) is 12.0. The van der Waals surface area contributed by atoms with Crippen molar-refractivity contribution < 1.29 is 9.84 Å². The van der Waals surface area contributed by atoms with Crippen molar-refractivity contribution in [1.29, 1.82) is 0 Å². The number of ether oxygens (including phenoxy) is 1. The number of morpholine rings is 1. The van der Waals surface area contributed by atoms with Crippen LogP contribution in [0.2, 0.25) is 0 Å². The van der Waals surface area contributed by atoms with Gasteiger partial charge in [-0.1, -0.05) is 26.7 Å². The fourth-order valence-corrected chi connectivity index (χ4v) is 1.85. The lowest BCUT2D eigenvalue weighted by Crippen LogP contribution is -2.47. The molecule has 14 heavy (non-hydrogen) atoms. The van der Waals surface area contributed by atoms with Gasteiger partial charge in [-0.3, -0.25) is 4.90 Å². The summed E-state index contributed by atoms with van der Waals surface area (Å²) in [5, 5.41) is 9.87. The molecular weight excluding hydrogens is 178 g/mol. The molecule has 2 atom stereocenters. The molecule has 1 aliphatic rings. The maximum absolute atomic E-state index is 9.87. The molecule has 1 N–H and O–H groups in total. The minimum absolute atomic E-state index is 0.0373. The fourth-order valence-electron chi connectivity index (χ4n) is 1.85. The van der Waals surface area contributed by atoms with Crippen molar-refractivity contribution in [1.82, 2.24) is 4.90 Å². The number of hydrogen-bond donors (Lipinski definition) is 1. The molecule has 1 saturated heterocycles. The van der Waals surface area contributed by atoms with Crippen molar-refractivity contribution >= 4 is 0 Å². The van der Waals surface area contributed by atoms with Crippen molar-refractivity contribution in [3.05, 3.63) is 0 Å². The fraction of sp³-hybridized carbons (Fsp3) is 1.00. The van der Waals surface area contributed by atoms with Gasteiger partial charge in [0.1, 0.15) is 0 Å². The number of aliphatic hydroxyl groups excluding tert-OH is 1. The van der Waals surface area contributed by atoms with Gasteiger partial charge in [-0.25, -0.2) is 0 Å². The van der Waals surface area contributed by atoms with Crippen LogP contribution in [0.15, 0.2) is 0 Å². The molecule has 1 aliphatic heterocycles. The number of aliphatic hydroxyl groups is 1. The van der Waals surface area contributed by atoms with Crippen molar-refractivity contribution in [2.75, 3.05) is 26.2 Å². The number of nitrogens with zero attached hydrogens (tertiary/aromatic N) is 1. The van der Waals surface area contributed by atoms with Gasteiger partial charge in [-0.15, -0.1) is 0 Å². The molecule has 3 nitrogen and oxygen atoms in total. The molecule has 0 aliphatic carbocycles. The zero-order valence-electron chi connectivity index (χ0n) is 9.41. The van der Waals surface area contributed by atoms with Crippen LogP contribution in [0.4, 0.5) is 0 Å². The Bertz CT molecular complexity index is 152. The topological polar surface area (TPSA) is 32.7 Å². The Morgan fingerprint density at radius 2 is 2.29 bits per heavy atom. The average molecular weight is 201 g/mol. The van der Waals surface area contributed by atoms with E-state index in [1.165, 1.54) is 0 Å². The molecular formula is C11H23NO2. The standard InChI is InChI=1S/C11H23NO2/c1-3-5-6-10(13)11-9-12(4-2)7-8-14-11/h10-11,13H,3-9H2,1-2H3. The first-order chi connectivity index (χ1) is 6.77. The molecule has 0 radical (unpaired) electrons. The molecule has 1 heterocycles. The minimum Gasteiger partial charge on any atom is -0.390 e. The first-order valence-electron chi connectivity index (χ1n) is 5.80. The molecule has 1 fully saturated rings. The molecule has 0 bridgehead atoms. The Morgan fingerprint density at radius 1 is 1.50 bits per heavy atom. The first-order valence-corrected chi connectivity index (χ1v) is 5.80. The van der Waals surface area contributed by atoms with E-state index in [0.717, 1.165) is 45.5 Å². The van der Waals surface area contributed by atoms with Gasteiger partial charge < -0.3 is 9.84 Å². The lowest BCUT2D eigenvalue weighted by atomic mass is 10.1. The van der Waals surface area contributed by atoms with Gasteiger partial charge in [0, 0.05) is 13.1 Å². The smallest absolute Gasteiger partial charge is 0.0960 e. The highest BCUT2D eigenvalue weighted by molar-refractivity contribution is 4.77. The minimum atomic E-state index is -0.274. The van der Waals surface area contributed by atoms with Gasteiger partial charge in [0.2, 0.25) is 0 Å². The summed E-state index contributed by atoms with van der Waals surface area (Å²) < 4.78 is 5.58. The second-order valence-electron chi connectivity index (χ2n) is 4.01. The van der Waals surface area contributed by atoms with Crippen LogP contribution in [0, 0.1) is 0 Å². The van der Waals surface area contributed by atoms with E-state index in [4.69, 9.17) is 4.74 Å². The van der Waals surface area contributed by atoms with Crippen LogP contribution in [0.5, 0.6) is 0 Å². The highest BCUT2D eigenvalue weighted by atomic mass is 16.5. The largest absolute Gasteiger partial charge is 0.390 e. The Balaban J connectivity index is 2.27. The summed E-state index contributed by atoms with van der Waals surface area (Å²) in [4.78, 5) is 2.34. The second-order valence-corrected chi connectivity index (χ2v) is 4.01. The third kappa shape index (κ3) is 3.56. The lowest BCUT2D eigenvalue weighted by Gasteiger charge is -2.34. The normalized spacial score (nSPS) is 26.4. The van der Waals surface area contributed by atoms with Crippen molar-refractivity contribution in [3.8, 4) is 0 Å². The number of rotatable bonds is 5. The molecule has 84 valence electrons. The Labute approximate surface area is 87.1 Å². The van der Waals surface area contributed by atoms with Crippen molar-refractivity contribution in [2.45, 2.75) is 45.3 Å². The predicted molar refractivity (Wildman–Crippen MR) is 57.4 cm³/mol. The third-order valence-corrected chi connectivity index (χ3v) is 2.91. The van der Waals surface area contributed by atoms with E-state index < -0.39 is 0 Å². The van der Waals surface area contributed by atoms with E-state index in [1.807, 2.05) is 0 Å². The summed E-state index contributed by atoms with van der Waals surface area (Å²) in [7, 11) is 0. The highest BCUT2D eigenvalue weighted by Gasteiger charge is 2.25. The van der Waals surface area contributed by atoms with E-state index in [0.29, 0.717) is 0 Å². The second kappa shape index (κ2) is 6.38. The Hall–Kier alpha value is -0.120. The van der Waals surface area contributed by atoms with Crippen molar-refractivity contribution in [3.63, 3.8) is 0 Å². The molecule has 0 aromatic heterocycles. The van der Waals surface area contributed by atoms with Gasteiger partial charge in [-0.2, -0.15) is 0 Å². The number of unbranched alkanes of at least 4 members (excludes halogenated alkanes) is 1. The van der Waals surface area contributed by atoms with Crippen LogP contribution in [-0.2, 0) is 4.74 Å².